The highest BCUT2D eigenvalue weighted by Crippen LogP contribution is 2.24. The fourth-order valence-corrected chi connectivity index (χ4v) is 2.32. The molecule has 3 rings (SSSR count). The van der Waals surface area contributed by atoms with Gasteiger partial charge in [-0.3, -0.25) is 9.63 Å². The lowest BCUT2D eigenvalue weighted by Crippen LogP contribution is -2.11. The van der Waals surface area contributed by atoms with E-state index in [4.69, 9.17) is 11.8 Å². The van der Waals surface area contributed by atoms with E-state index in [1.165, 1.54) is 0 Å². The van der Waals surface area contributed by atoms with Crippen LogP contribution < -0.4 is 4.84 Å². The van der Waals surface area contributed by atoms with Crippen molar-refractivity contribution < 1.29 is 4.79 Å². The third-order valence-electron chi connectivity index (χ3n) is 3.08. The first-order valence-electron chi connectivity index (χ1n) is 5.88. The second-order valence-corrected chi connectivity index (χ2v) is 4.38. The summed E-state index contributed by atoms with van der Waals surface area (Å²) in [5.41, 5.74) is 2.55. The Hall–Kier alpha value is -2.26. The van der Waals surface area contributed by atoms with Crippen LogP contribution in [0.4, 0.5) is 0 Å². The number of benzene rings is 2. The van der Waals surface area contributed by atoms with Crippen molar-refractivity contribution in [2.24, 2.45) is 0 Å². The summed E-state index contributed by atoms with van der Waals surface area (Å²) in [6.45, 7) is 0. The van der Waals surface area contributed by atoms with Crippen LogP contribution in [0.5, 0.6) is 0 Å². The number of aromatic nitrogens is 1. The number of nitrogens with one attached hydrogen (secondary N) is 1. The average Bonchev–Trinajstić information content (AvgIpc) is 2.87. The number of amides is 1. The molecule has 0 radical (unpaired) electrons. The molecule has 0 spiro atoms. The lowest BCUT2D eigenvalue weighted by atomic mass is 10.2. The Bertz CT molecular complexity index is 734. The zero-order chi connectivity index (χ0) is 13.2. The first kappa shape index (κ1) is 11.8. The van der Waals surface area contributed by atoms with Gasteiger partial charge in [0.15, 0.2) is 0 Å². The van der Waals surface area contributed by atoms with Crippen LogP contribution in [-0.4, -0.2) is 10.5 Å². The number of carbonyl (C=O) groups excluding carboxylic acids is 1. The van der Waals surface area contributed by atoms with Gasteiger partial charge in [0, 0.05) is 29.0 Å². The van der Waals surface area contributed by atoms with E-state index in [-0.39, 0.29) is 5.91 Å². The highest BCUT2D eigenvalue weighted by molar-refractivity contribution is 6.26. The second kappa shape index (κ2) is 4.78. The Labute approximate surface area is 115 Å². The summed E-state index contributed by atoms with van der Waals surface area (Å²) in [4.78, 5) is 14.0. The van der Waals surface area contributed by atoms with Crippen molar-refractivity contribution in [3.8, 4) is 5.69 Å². The van der Waals surface area contributed by atoms with E-state index < -0.39 is 0 Å². The van der Waals surface area contributed by atoms with E-state index in [9.17, 15) is 4.79 Å². The van der Waals surface area contributed by atoms with Gasteiger partial charge in [0.2, 0.25) is 0 Å². The fraction of sp³-hybridized carbons (Fsp3) is 0. The van der Waals surface area contributed by atoms with Gasteiger partial charge in [0.05, 0.1) is 11.1 Å². The first-order chi connectivity index (χ1) is 9.31. The number of hydrogen-bond acceptors (Lipinski definition) is 1. The Morgan fingerprint density at radius 3 is 2.42 bits per heavy atom. The third kappa shape index (κ3) is 1.98. The molecule has 0 aliphatic heterocycles. The predicted octanol–water partition coefficient (Wildman–Crippen LogP) is 3.51. The summed E-state index contributed by atoms with van der Waals surface area (Å²) in [5.74, 6) is -0.299. The van der Waals surface area contributed by atoms with Crippen LogP contribution in [0.2, 0.25) is 0 Å². The molecule has 0 fully saturated rings. The smallest absolute Gasteiger partial charge is 0.267 e. The molecule has 0 unspecified atom stereocenters. The van der Waals surface area contributed by atoms with Crippen LogP contribution >= 0.6 is 11.8 Å². The van der Waals surface area contributed by atoms with Crippen molar-refractivity contribution in [3.63, 3.8) is 0 Å². The number of rotatable bonds is 2. The maximum absolute atomic E-state index is 11.8. The molecule has 1 heterocycles. The van der Waals surface area contributed by atoms with E-state index in [0.717, 1.165) is 16.6 Å². The van der Waals surface area contributed by atoms with Crippen molar-refractivity contribution in [1.29, 1.82) is 0 Å². The van der Waals surface area contributed by atoms with Gasteiger partial charge >= 0.3 is 0 Å². The topological polar surface area (TPSA) is 34.0 Å². The molecule has 1 aromatic heterocycles. The summed E-state index contributed by atoms with van der Waals surface area (Å²) < 4.78 is 1.98. The minimum absolute atomic E-state index is 0.299. The third-order valence-corrected chi connectivity index (χ3v) is 3.25. The number of hydrogen-bond donors (Lipinski definition) is 1. The molecule has 94 valence electrons. The Morgan fingerprint density at radius 2 is 1.68 bits per heavy atom. The van der Waals surface area contributed by atoms with Crippen LogP contribution in [0.3, 0.4) is 0 Å². The van der Waals surface area contributed by atoms with Crippen molar-refractivity contribution in [2.45, 2.75) is 0 Å². The Balaban J connectivity index is 2.29. The van der Waals surface area contributed by atoms with E-state index in [2.05, 4.69) is 4.84 Å². The quantitative estimate of drug-likeness (QED) is 0.711. The second-order valence-electron chi connectivity index (χ2n) is 4.19. The molecule has 0 saturated heterocycles. The van der Waals surface area contributed by atoms with Gasteiger partial charge in [0.25, 0.3) is 5.91 Å². The van der Waals surface area contributed by atoms with Gasteiger partial charge in [0.1, 0.15) is 0 Å². The summed E-state index contributed by atoms with van der Waals surface area (Å²) in [6.07, 6.45) is 1.80. The van der Waals surface area contributed by atoms with E-state index >= 15 is 0 Å². The molecule has 19 heavy (non-hydrogen) atoms. The maximum Gasteiger partial charge on any atom is 0.267 e. The molecule has 4 heteroatoms. The fourth-order valence-electron chi connectivity index (χ4n) is 2.21. The van der Waals surface area contributed by atoms with E-state index in [0.29, 0.717) is 5.56 Å². The van der Waals surface area contributed by atoms with Gasteiger partial charge in [-0.05, 0) is 18.2 Å². The van der Waals surface area contributed by atoms with Gasteiger partial charge in [-0.2, -0.15) is 0 Å². The molecule has 0 aliphatic rings. The molecule has 2 aromatic carbocycles. The summed E-state index contributed by atoms with van der Waals surface area (Å²) in [6, 6.07) is 17.6. The lowest BCUT2D eigenvalue weighted by molar-refractivity contribution is 0.0983. The zero-order valence-electron chi connectivity index (χ0n) is 10.0. The molecule has 0 bridgehead atoms. The number of halogens is 1. The summed E-state index contributed by atoms with van der Waals surface area (Å²) in [5, 5.41) is 0.879. The van der Waals surface area contributed by atoms with Crippen LogP contribution in [0, 0.1) is 0 Å². The van der Waals surface area contributed by atoms with E-state index in [1.54, 1.807) is 6.20 Å². The first-order valence-corrected chi connectivity index (χ1v) is 6.25. The molecular formula is C15H11ClN2O. The van der Waals surface area contributed by atoms with Crippen LogP contribution in [0.25, 0.3) is 16.6 Å². The van der Waals surface area contributed by atoms with Gasteiger partial charge in [-0.1, -0.05) is 36.4 Å². The highest BCUT2D eigenvalue weighted by Gasteiger charge is 2.14. The minimum atomic E-state index is -0.299. The molecule has 3 nitrogen and oxygen atoms in total. The standard InChI is InChI=1S/C15H11ClN2O/c16-17-15(19)13-10-18(11-6-2-1-3-7-11)14-9-5-4-8-12(13)14/h1-10H,(H,17,19). The maximum atomic E-state index is 11.8. The molecule has 0 saturated carbocycles. The van der Waals surface area contributed by atoms with E-state index in [1.807, 2.05) is 59.2 Å². The van der Waals surface area contributed by atoms with Crippen LogP contribution in [0.1, 0.15) is 10.4 Å². The number of carbonyl (C=O) groups is 1. The van der Waals surface area contributed by atoms with Gasteiger partial charge in [-0.25, -0.2) is 0 Å². The Kier molecular flexibility index (Phi) is 2.97. The number of fused-ring (bicyclic) bond motifs is 1. The van der Waals surface area contributed by atoms with Crippen molar-refractivity contribution in [1.82, 2.24) is 9.40 Å². The van der Waals surface area contributed by atoms with Crippen molar-refractivity contribution >= 4 is 28.6 Å². The summed E-state index contributed by atoms with van der Waals surface area (Å²) in [7, 11) is 0. The normalized spacial score (nSPS) is 10.6. The molecule has 1 N–H and O–H groups in total. The largest absolute Gasteiger partial charge is 0.316 e. The molecule has 3 aromatic rings. The van der Waals surface area contributed by atoms with Crippen LogP contribution in [-0.2, 0) is 0 Å². The zero-order valence-corrected chi connectivity index (χ0v) is 10.8. The summed E-state index contributed by atoms with van der Waals surface area (Å²) >= 11 is 5.43. The SMILES string of the molecule is O=C(NCl)c1cn(-c2ccccc2)c2ccccc12. The Morgan fingerprint density at radius 1 is 1.00 bits per heavy atom. The monoisotopic (exact) mass is 270 g/mol. The lowest BCUT2D eigenvalue weighted by Gasteiger charge is -2.04. The number of para-hydroxylation sites is 2. The highest BCUT2D eigenvalue weighted by atomic mass is 35.5. The van der Waals surface area contributed by atoms with Gasteiger partial charge < -0.3 is 4.57 Å². The van der Waals surface area contributed by atoms with Gasteiger partial charge in [-0.15, -0.1) is 0 Å². The van der Waals surface area contributed by atoms with Crippen molar-refractivity contribution in [2.75, 3.05) is 0 Å². The average molecular weight is 271 g/mol. The molecule has 1 amide bonds. The van der Waals surface area contributed by atoms with Crippen molar-refractivity contribution in [3.05, 3.63) is 66.4 Å². The molecule has 0 atom stereocenters. The predicted molar refractivity (Wildman–Crippen MR) is 76.6 cm³/mol. The molecular weight excluding hydrogens is 260 g/mol. The number of nitrogens with zero attached hydrogens (tertiary/aromatic N) is 1. The minimum Gasteiger partial charge on any atom is -0.316 e. The molecule has 0 aliphatic carbocycles. The van der Waals surface area contributed by atoms with Crippen LogP contribution in [0.15, 0.2) is 60.8 Å².